The molecule has 0 aliphatic heterocycles. The molecule has 21 heavy (non-hydrogen) atoms. The summed E-state index contributed by atoms with van der Waals surface area (Å²) in [5.74, 6) is 1.46. The van der Waals surface area contributed by atoms with Gasteiger partial charge in [-0.25, -0.2) is 4.98 Å². The van der Waals surface area contributed by atoms with Gasteiger partial charge in [0, 0.05) is 17.1 Å². The van der Waals surface area contributed by atoms with E-state index in [1.165, 1.54) is 0 Å². The van der Waals surface area contributed by atoms with Crippen LogP contribution in [0.1, 0.15) is 13.8 Å². The van der Waals surface area contributed by atoms with Gasteiger partial charge >= 0.3 is 0 Å². The number of aromatic nitrogens is 2. The van der Waals surface area contributed by atoms with E-state index < -0.39 is 0 Å². The summed E-state index contributed by atoms with van der Waals surface area (Å²) in [7, 11) is 0. The summed E-state index contributed by atoms with van der Waals surface area (Å²) in [6.45, 7) is 4.14. The number of para-hydroxylation sites is 2. The zero-order valence-corrected chi connectivity index (χ0v) is 12.2. The summed E-state index contributed by atoms with van der Waals surface area (Å²) < 4.78 is 0. The summed E-state index contributed by atoms with van der Waals surface area (Å²) in [4.78, 5) is 9.16. The van der Waals surface area contributed by atoms with Gasteiger partial charge in [0.25, 0.3) is 0 Å². The Morgan fingerprint density at radius 2 is 1.57 bits per heavy atom. The van der Waals surface area contributed by atoms with Gasteiger partial charge in [-0.2, -0.15) is 4.98 Å². The van der Waals surface area contributed by atoms with E-state index in [0.717, 1.165) is 22.4 Å². The molecular weight excluding hydrogens is 260 g/mol. The van der Waals surface area contributed by atoms with E-state index in [1.54, 1.807) is 0 Å². The lowest BCUT2D eigenvalue weighted by atomic mass is 10.2. The summed E-state index contributed by atoms with van der Waals surface area (Å²) in [5, 5.41) is 7.64. The van der Waals surface area contributed by atoms with Crippen molar-refractivity contribution in [1.82, 2.24) is 9.97 Å². The normalized spacial score (nSPS) is 10.8. The van der Waals surface area contributed by atoms with Crippen LogP contribution in [0.2, 0.25) is 0 Å². The minimum atomic E-state index is 0.288. The second kappa shape index (κ2) is 5.79. The predicted molar refractivity (Wildman–Crippen MR) is 88.0 cm³/mol. The third kappa shape index (κ3) is 3.11. The van der Waals surface area contributed by atoms with Gasteiger partial charge in [0.2, 0.25) is 5.95 Å². The lowest BCUT2D eigenvalue weighted by Crippen LogP contribution is -2.13. The molecule has 0 atom stereocenters. The Kier molecular flexibility index (Phi) is 3.69. The number of benzene rings is 2. The lowest BCUT2D eigenvalue weighted by Gasteiger charge is -2.13. The molecule has 1 heterocycles. The fraction of sp³-hybridized carbons (Fsp3) is 0.176. The molecule has 0 saturated carbocycles. The molecule has 0 aliphatic carbocycles. The molecule has 4 heteroatoms. The van der Waals surface area contributed by atoms with Gasteiger partial charge in [0.1, 0.15) is 5.82 Å². The SMILES string of the molecule is CC(C)Nc1nc(Nc2ccccc2)c2ccccc2n1. The lowest BCUT2D eigenvalue weighted by molar-refractivity contribution is 0.878. The zero-order valence-electron chi connectivity index (χ0n) is 12.2. The van der Waals surface area contributed by atoms with E-state index in [1.807, 2.05) is 54.6 Å². The van der Waals surface area contributed by atoms with E-state index in [4.69, 9.17) is 0 Å². The smallest absolute Gasteiger partial charge is 0.225 e. The molecule has 3 aromatic rings. The van der Waals surface area contributed by atoms with Gasteiger partial charge in [0.15, 0.2) is 0 Å². The van der Waals surface area contributed by atoms with Gasteiger partial charge in [-0.15, -0.1) is 0 Å². The Morgan fingerprint density at radius 3 is 2.33 bits per heavy atom. The van der Waals surface area contributed by atoms with Crippen LogP contribution in [0.15, 0.2) is 54.6 Å². The first-order valence-corrected chi connectivity index (χ1v) is 7.08. The number of nitrogens with zero attached hydrogens (tertiary/aromatic N) is 2. The highest BCUT2D eigenvalue weighted by molar-refractivity contribution is 5.91. The van der Waals surface area contributed by atoms with Crippen LogP contribution in [0.25, 0.3) is 10.9 Å². The Labute approximate surface area is 124 Å². The highest BCUT2D eigenvalue weighted by Crippen LogP contribution is 2.25. The molecule has 0 spiro atoms. The van der Waals surface area contributed by atoms with E-state index >= 15 is 0 Å². The van der Waals surface area contributed by atoms with Gasteiger partial charge < -0.3 is 10.6 Å². The van der Waals surface area contributed by atoms with Gasteiger partial charge in [0.05, 0.1) is 5.52 Å². The van der Waals surface area contributed by atoms with Crippen molar-refractivity contribution in [3.8, 4) is 0 Å². The molecule has 0 radical (unpaired) electrons. The first kappa shape index (κ1) is 13.4. The van der Waals surface area contributed by atoms with Crippen molar-refractivity contribution in [3.05, 3.63) is 54.6 Å². The van der Waals surface area contributed by atoms with Crippen LogP contribution in [0.5, 0.6) is 0 Å². The average Bonchev–Trinajstić information content (AvgIpc) is 2.47. The molecule has 3 rings (SSSR count). The third-order valence-electron chi connectivity index (χ3n) is 3.06. The first-order valence-electron chi connectivity index (χ1n) is 7.08. The largest absolute Gasteiger partial charge is 0.352 e. The third-order valence-corrected chi connectivity index (χ3v) is 3.06. The van der Waals surface area contributed by atoms with Crippen LogP contribution < -0.4 is 10.6 Å². The number of hydrogen-bond acceptors (Lipinski definition) is 4. The average molecular weight is 278 g/mol. The zero-order chi connectivity index (χ0) is 14.7. The summed E-state index contributed by atoms with van der Waals surface area (Å²) in [6, 6.07) is 18.3. The first-order chi connectivity index (χ1) is 10.2. The van der Waals surface area contributed by atoms with Crippen LogP contribution >= 0.6 is 0 Å². The highest BCUT2D eigenvalue weighted by atomic mass is 15.2. The van der Waals surface area contributed by atoms with Crippen molar-refractivity contribution < 1.29 is 0 Å². The number of hydrogen-bond donors (Lipinski definition) is 2. The Hall–Kier alpha value is -2.62. The standard InChI is InChI=1S/C17H18N4/c1-12(2)18-17-20-15-11-7-6-10-14(15)16(21-17)19-13-8-4-3-5-9-13/h3-12H,1-2H3,(H2,18,19,20,21). The molecule has 106 valence electrons. The topological polar surface area (TPSA) is 49.8 Å². The number of fused-ring (bicyclic) bond motifs is 1. The van der Waals surface area contributed by atoms with E-state index in [9.17, 15) is 0 Å². The van der Waals surface area contributed by atoms with Crippen molar-refractivity contribution in [2.24, 2.45) is 0 Å². The van der Waals surface area contributed by atoms with Gasteiger partial charge in [-0.1, -0.05) is 30.3 Å². The molecule has 0 saturated heterocycles. The maximum atomic E-state index is 4.60. The second-order valence-electron chi connectivity index (χ2n) is 5.20. The minimum absolute atomic E-state index is 0.288. The molecule has 0 fully saturated rings. The number of anilines is 3. The Bertz CT molecular complexity index is 738. The molecule has 0 unspecified atom stereocenters. The molecule has 1 aromatic heterocycles. The van der Waals surface area contributed by atoms with Crippen LogP contribution in [-0.4, -0.2) is 16.0 Å². The molecule has 0 bridgehead atoms. The van der Waals surface area contributed by atoms with Crippen LogP contribution in [0.3, 0.4) is 0 Å². The Balaban J connectivity index is 2.06. The van der Waals surface area contributed by atoms with Crippen molar-refractivity contribution >= 4 is 28.4 Å². The van der Waals surface area contributed by atoms with Crippen molar-refractivity contribution in [1.29, 1.82) is 0 Å². The molecule has 2 aromatic carbocycles. The molecule has 4 nitrogen and oxygen atoms in total. The van der Waals surface area contributed by atoms with Crippen LogP contribution in [0.4, 0.5) is 17.5 Å². The predicted octanol–water partition coefficient (Wildman–Crippen LogP) is 4.19. The molecule has 2 N–H and O–H groups in total. The number of nitrogens with one attached hydrogen (secondary N) is 2. The van der Waals surface area contributed by atoms with Crippen LogP contribution in [0, 0.1) is 0 Å². The molecule has 0 aliphatic rings. The summed E-state index contributed by atoms with van der Waals surface area (Å²) >= 11 is 0. The van der Waals surface area contributed by atoms with Gasteiger partial charge in [-0.05, 0) is 38.1 Å². The van der Waals surface area contributed by atoms with Crippen molar-refractivity contribution in [2.45, 2.75) is 19.9 Å². The van der Waals surface area contributed by atoms with E-state index in [2.05, 4.69) is 34.4 Å². The maximum absolute atomic E-state index is 4.60. The molecule has 0 amide bonds. The van der Waals surface area contributed by atoms with Crippen molar-refractivity contribution in [3.63, 3.8) is 0 Å². The second-order valence-corrected chi connectivity index (χ2v) is 5.20. The fourth-order valence-electron chi connectivity index (χ4n) is 2.15. The summed E-state index contributed by atoms with van der Waals surface area (Å²) in [5.41, 5.74) is 1.94. The highest BCUT2D eigenvalue weighted by Gasteiger charge is 2.08. The maximum Gasteiger partial charge on any atom is 0.225 e. The molecular formula is C17H18N4. The minimum Gasteiger partial charge on any atom is -0.352 e. The van der Waals surface area contributed by atoms with E-state index in [-0.39, 0.29) is 6.04 Å². The monoisotopic (exact) mass is 278 g/mol. The quantitative estimate of drug-likeness (QED) is 0.751. The fourth-order valence-corrected chi connectivity index (χ4v) is 2.15. The Morgan fingerprint density at radius 1 is 0.857 bits per heavy atom. The van der Waals surface area contributed by atoms with Gasteiger partial charge in [-0.3, -0.25) is 0 Å². The van der Waals surface area contributed by atoms with Crippen LogP contribution in [-0.2, 0) is 0 Å². The number of rotatable bonds is 4. The summed E-state index contributed by atoms with van der Waals surface area (Å²) in [6.07, 6.45) is 0. The van der Waals surface area contributed by atoms with E-state index in [0.29, 0.717) is 5.95 Å². The van der Waals surface area contributed by atoms with Crippen molar-refractivity contribution in [2.75, 3.05) is 10.6 Å².